The van der Waals surface area contributed by atoms with E-state index in [2.05, 4.69) is 4.98 Å². The molecule has 5 heteroatoms. The molecule has 1 aromatic heterocycles. The van der Waals surface area contributed by atoms with E-state index in [9.17, 15) is 9.59 Å². The van der Waals surface area contributed by atoms with Gasteiger partial charge in [0, 0.05) is 27.4 Å². The van der Waals surface area contributed by atoms with Gasteiger partial charge in [-0.15, -0.1) is 0 Å². The van der Waals surface area contributed by atoms with Gasteiger partial charge in [-0.05, 0) is 66.4 Å². The summed E-state index contributed by atoms with van der Waals surface area (Å²) in [5.41, 5.74) is 3.40. The number of H-pyrrole nitrogens is 1. The van der Waals surface area contributed by atoms with Crippen LogP contribution in [0.15, 0.2) is 83.7 Å². The number of anilines is 1. The van der Waals surface area contributed by atoms with Gasteiger partial charge in [0.05, 0.1) is 6.54 Å². The van der Waals surface area contributed by atoms with Crippen molar-refractivity contribution in [3.05, 3.63) is 111 Å². The van der Waals surface area contributed by atoms with Crippen LogP contribution in [0.3, 0.4) is 0 Å². The van der Waals surface area contributed by atoms with Gasteiger partial charge in [0.15, 0.2) is 0 Å². The number of hydrogen-bond acceptors (Lipinski definition) is 2. The molecular formula is C24H19ClN2O2. The molecule has 0 fully saturated rings. The third kappa shape index (κ3) is 4.08. The van der Waals surface area contributed by atoms with Gasteiger partial charge in [-0.2, -0.15) is 0 Å². The van der Waals surface area contributed by atoms with Crippen molar-refractivity contribution in [1.29, 1.82) is 0 Å². The van der Waals surface area contributed by atoms with Crippen molar-refractivity contribution >= 4 is 34.1 Å². The Balaban J connectivity index is 1.76. The molecular weight excluding hydrogens is 384 g/mol. The number of amides is 1. The number of benzene rings is 3. The minimum Gasteiger partial charge on any atom is -0.322 e. The summed E-state index contributed by atoms with van der Waals surface area (Å²) in [7, 11) is 0. The molecule has 0 saturated carbocycles. The summed E-state index contributed by atoms with van der Waals surface area (Å²) in [6.45, 7) is 2.14. The van der Waals surface area contributed by atoms with Crippen LogP contribution in [-0.2, 0) is 6.54 Å². The van der Waals surface area contributed by atoms with Crippen LogP contribution in [0, 0.1) is 6.92 Å². The first-order valence-corrected chi connectivity index (χ1v) is 9.64. The Morgan fingerprint density at radius 2 is 1.69 bits per heavy atom. The Morgan fingerprint density at radius 1 is 0.966 bits per heavy atom. The highest BCUT2D eigenvalue weighted by Crippen LogP contribution is 2.21. The standard InChI is InChI=1S/C24H19ClN2O2/c1-16-7-8-18-14-19(23(28)26-22(18)13-16)15-27(21-5-3-2-4-6-21)24(29)17-9-11-20(25)12-10-17/h2-14H,15H2,1H3,(H,26,28). The van der Waals surface area contributed by atoms with Gasteiger partial charge in [-0.1, -0.05) is 41.9 Å². The predicted molar refractivity (Wildman–Crippen MR) is 118 cm³/mol. The van der Waals surface area contributed by atoms with Crippen LogP contribution in [0.5, 0.6) is 0 Å². The number of aromatic amines is 1. The summed E-state index contributed by atoms with van der Waals surface area (Å²) in [5.74, 6) is -0.198. The van der Waals surface area contributed by atoms with Gasteiger partial charge in [0.25, 0.3) is 11.5 Å². The lowest BCUT2D eigenvalue weighted by Crippen LogP contribution is -2.32. The highest BCUT2D eigenvalue weighted by atomic mass is 35.5. The summed E-state index contributed by atoms with van der Waals surface area (Å²) in [5, 5.41) is 1.49. The van der Waals surface area contributed by atoms with Crippen LogP contribution in [-0.4, -0.2) is 10.9 Å². The van der Waals surface area contributed by atoms with Crippen molar-refractivity contribution in [1.82, 2.24) is 4.98 Å². The number of hydrogen-bond donors (Lipinski definition) is 1. The quantitative estimate of drug-likeness (QED) is 0.501. The topological polar surface area (TPSA) is 53.2 Å². The number of halogens is 1. The Labute approximate surface area is 173 Å². The van der Waals surface area contributed by atoms with E-state index in [1.807, 2.05) is 61.5 Å². The molecule has 0 aliphatic heterocycles. The molecule has 1 heterocycles. The van der Waals surface area contributed by atoms with Crippen LogP contribution in [0.2, 0.25) is 5.02 Å². The molecule has 4 aromatic rings. The molecule has 0 atom stereocenters. The molecule has 29 heavy (non-hydrogen) atoms. The summed E-state index contributed by atoms with van der Waals surface area (Å²) < 4.78 is 0. The molecule has 0 bridgehead atoms. The zero-order valence-electron chi connectivity index (χ0n) is 15.9. The van der Waals surface area contributed by atoms with Gasteiger partial charge >= 0.3 is 0 Å². The maximum Gasteiger partial charge on any atom is 0.258 e. The van der Waals surface area contributed by atoms with Gasteiger partial charge in [-0.3, -0.25) is 9.59 Å². The fourth-order valence-corrected chi connectivity index (χ4v) is 3.41. The lowest BCUT2D eigenvalue weighted by molar-refractivity contribution is 0.0985. The second-order valence-corrected chi connectivity index (χ2v) is 7.38. The third-order valence-electron chi connectivity index (χ3n) is 4.81. The van der Waals surface area contributed by atoms with E-state index in [-0.39, 0.29) is 18.0 Å². The van der Waals surface area contributed by atoms with Crippen molar-refractivity contribution in [3.8, 4) is 0 Å². The maximum absolute atomic E-state index is 13.3. The monoisotopic (exact) mass is 402 g/mol. The van der Waals surface area contributed by atoms with Crippen molar-refractivity contribution in [2.75, 3.05) is 4.90 Å². The molecule has 0 unspecified atom stereocenters. The zero-order valence-corrected chi connectivity index (χ0v) is 16.6. The van der Waals surface area contributed by atoms with Crippen molar-refractivity contribution < 1.29 is 4.79 Å². The molecule has 3 aromatic carbocycles. The van der Waals surface area contributed by atoms with Crippen LogP contribution in [0.25, 0.3) is 10.9 Å². The SMILES string of the molecule is Cc1ccc2cc(CN(C(=O)c3ccc(Cl)cc3)c3ccccc3)c(=O)[nH]c2c1. The summed E-state index contributed by atoms with van der Waals surface area (Å²) >= 11 is 5.96. The Hall–Kier alpha value is -3.37. The molecule has 4 nitrogen and oxygen atoms in total. The summed E-state index contributed by atoms with van der Waals surface area (Å²) in [6.07, 6.45) is 0. The molecule has 1 amide bonds. The van der Waals surface area contributed by atoms with Crippen LogP contribution in [0.4, 0.5) is 5.69 Å². The van der Waals surface area contributed by atoms with E-state index in [1.54, 1.807) is 29.2 Å². The van der Waals surface area contributed by atoms with Gasteiger partial charge in [-0.25, -0.2) is 0 Å². The van der Waals surface area contributed by atoms with Crippen molar-refractivity contribution in [2.24, 2.45) is 0 Å². The molecule has 1 N–H and O–H groups in total. The molecule has 4 rings (SSSR count). The first-order valence-electron chi connectivity index (χ1n) is 9.26. The number of aromatic nitrogens is 1. The van der Waals surface area contributed by atoms with E-state index in [0.717, 1.165) is 22.2 Å². The third-order valence-corrected chi connectivity index (χ3v) is 5.06. The minimum atomic E-state index is -0.201. The first kappa shape index (κ1) is 19.0. The smallest absolute Gasteiger partial charge is 0.258 e. The van der Waals surface area contributed by atoms with Gasteiger partial charge < -0.3 is 9.88 Å². The average Bonchev–Trinajstić information content (AvgIpc) is 2.73. The number of nitrogens with one attached hydrogen (secondary N) is 1. The number of carbonyl (C=O) groups is 1. The number of para-hydroxylation sites is 1. The summed E-state index contributed by atoms with van der Waals surface area (Å²) in [4.78, 5) is 30.5. The van der Waals surface area contributed by atoms with Gasteiger partial charge in [0.2, 0.25) is 0 Å². The minimum absolute atomic E-state index is 0.157. The molecule has 0 radical (unpaired) electrons. The highest BCUT2D eigenvalue weighted by molar-refractivity contribution is 6.30. The average molecular weight is 403 g/mol. The van der Waals surface area contributed by atoms with Crippen LogP contribution in [0.1, 0.15) is 21.5 Å². The maximum atomic E-state index is 13.3. The van der Waals surface area contributed by atoms with E-state index in [1.165, 1.54) is 0 Å². The number of nitrogens with zero attached hydrogens (tertiary/aromatic N) is 1. The van der Waals surface area contributed by atoms with Crippen molar-refractivity contribution in [2.45, 2.75) is 13.5 Å². The van der Waals surface area contributed by atoms with E-state index < -0.39 is 0 Å². The Kier molecular flexibility index (Phi) is 5.19. The number of rotatable bonds is 4. The van der Waals surface area contributed by atoms with Crippen LogP contribution < -0.4 is 10.5 Å². The second kappa shape index (κ2) is 7.94. The molecule has 0 aliphatic rings. The lowest BCUT2D eigenvalue weighted by Gasteiger charge is -2.23. The number of carbonyl (C=O) groups excluding carboxylic acids is 1. The Morgan fingerprint density at radius 3 is 2.41 bits per heavy atom. The van der Waals surface area contributed by atoms with Gasteiger partial charge in [0.1, 0.15) is 0 Å². The van der Waals surface area contributed by atoms with Crippen molar-refractivity contribution in [3.63, 3.8) is 0 Å². The lowest BCUT2D eigenvalue weighted by atomic mass is 10.1. The molecule has 0 spiro atoms. The summed E-state index contributed by atoms with van der Waals surface area (Å²) in [6, 6.07) is 23.8. The normalized spacial score (nSPS) is 10.8. The molecule has 0 saturated heterocycles. The number of pyridine rings is 1. The largest absolute Gasteiger partial charge is 0.322 e. The second-order valence-electron chi connectivity index (χ2n) is 6.95. The predicted octanol–water partition coefficient (Wildman–Crippen LogP) is 5.34. The molecule has 144 valence electrons. The van der Waals surface area contributed by atoms with Crippen LogP contribution >= 0.6 is 11.6 Å². The number of aryl methyl sites for hydroxylation is 1. The number of fused-ring (bicyclic) bond motifs is 1. The zero-order chi connectivity index (χ0) is 20.4. The first-order chi connectivity index (χ1) is 14.0. The van der Waals surface area contributed by atoms with E-state index in [4.69, 9.17) is 11.6 Å². The Bertz CT molecular complexity index is 1230. The highest BCUT2D eigenvalue weighted by Gasteiger charge is 2.19. The molecule has 0 aliphatic carbocycles. The van der Waals surface area contributed by atoms with E-state index in [0.29, 0.717) is 16.1 Å². The fourth-order valence-electron chi connectivity index (χ4n) is 3.28. The fraction of sp³-hybridized carbons (Fsp3) is 0.0833. The van der Waals surface area contributed by atoms with E-state index >= 15 is 0 Å².